The van der Waals surface area contributed by atoms with Crippen LogP contribution in [0.1, 0.15) is 23.9 Å². The van der Waals surface area contributed by atoms with Crippen molar-refractivity contribution in [1.29, 1.82) is 0 Å². The smallest absolute Gasteiger partial charge is 0.323 e. The third-order valence-corrected chi connectivity index (χ3v) is 4.24. The van der Waals surface area contributed by atoms with Gasteiger partial charge in [-0.15, -0.1) is 0 Å². The van der Waals surface area contributed by atoms with Gasteiger partial charge in [0, 0.05) is 29.7 Å². The zero-order valence-electron chi connectivity index (χ0n) is 17.1. The van der Waals surface area contributed by atoms with Gasteiger partial charge in [0.2, 0.25) is 0 Å². The van der Waals surface area contributed by atoms with Gasteiger partial charge in [-0.3, -0.25) is 0 Å². The minimum Gasteiger partial charge on any atom is -0.370 e. The molecule has 7 heteroatoms. The maximum atomic E-state index is 12.3. The average Bonchev–Trinajstić information content (AvgIpc) is 2.65. The van der Waals surface area contributed by atoms with Crippen LogP contribution in [0.2, 0.25) is 0 Å². The number of carbonyl (C=O) groups excluding carboxylic acids is 1. The standard InChI is InChI=1S/C22H26N6O/c1-5-23-20-13-21(25-16(4)24-20)26-17-7-9-18(10-8-17)27-22(29)28-19-11-6-14(2)12-15(19)3/h6-13H,5H2,1-4H3,(H2,27,28,29)(H2,23,24,25,26). The van der Waals surface area contributed by atoms with Crippen LogP contribution < -0.4 is 21.3 Å². The summed E-state index contributed by atoms with van der Waals surface area (Å²) in [5, 5.41) is 12.2. The van der Waals surface area contributed by atoms with Gasteiger partial charge in [0.25, 0.3) is 0 Å². The molecule has 0 bridgehead atoms. The number of urea groups is 1. The van der Waals surface area contributed by atoms with Crippen LogP contribution in [0, 0.1) is 20.8 Å². The minimum absolute atomic E-state index is 0.278. The molecule has 0 aliphatic heterocycles. The largest absolute Gasteiger partial charge is 0.370 e. The summed E-state index contributed by atoms with van der Waals surface area (Å²) >= 11 is 0. The molecule has 0 aliphatic carbocycles. The van der Waals surface area contributed by atoms with Crippen molar-refractivity contribution in [1.82, 2.24) is 9.97 Å². The zero-order chi connectivity index (χ0) is 20.8. The molecular weight excluding hydrogens is 364 g/mol. The van der Waals surface area contributed by atoms with E-state index in [4.69, 9.17) is 0 Å². The maximum absolute atomic E-state index is 12.3. The molecule has 1 aromatic heterocycles. The monoisotopic (exact) mass is 390 g/mol. The molecule has 3 rings (SSSR count). The molecule has 0 atom stereocenters. The molecule has 1 heterocycles. The van der Waals surface area contributed by atoms with Crippen molar-refractivity contribution in [2.45, 2.75) is 27.7 Å². The number of amides is 2. The maximum Gasteiger partial charge on any atom is 0.323 e. The number of hydrogen-bond donors (Lipinski definition) is 4. The normalized spacial score (nSPS) is 10.3. The van der Waals surface area contributed by atoms with Crippen molar-refractivity contribution < 1.29 is 4.79 Å². The first kappa shape index (κ1) is 20.1. The molecule has 3 aromatic rings. The van der Waals surface area contributed by atoms with Gasteiger partial charge in [0.05, 0.1) is 0 Å². The van der Waals surface area contributed by atoms with Crippen LogP contribution in [0.15, 0.2) is 48.5 Å². The number of carbonyl (C=O) groups is 1. The summed E-state index contributed by atoms with van der Waals surface area (Å²) in [7, 11) is 0. The van der Waals surface area contributed by atoms with E-state index >= 15 is 0 Å². The van der Waals surface area contributed by atoms with Crippen molar-refractivity contribution in [2.75, 3.05) is 27.8 Å². The van der Waals surface area contributed by atoms with Gasteiger partial charge in [-0.05, 0) is 63.6 Å². The number of nitrogens with one attached hydrogen (secondary N) is 4. The van der Waals surface area contributed by atoms with Gasteiger partial charge in [0.1, 0.15) is 17.5 Å². The van der Waals surface area contributed by atoms with Crippen LogP contribution in [0.5, 0.6) is 0 Å². The van der Waals surface area contributed by atoms with Gasteiger partial charge in [-0.1, -0.05) is 17.7 Å². The fraction of sp³-hybridized carbons (Fsp3) is 0.227. The summed E-state index contributed by atoms with van der Waals surface area (Å²) in [4.78, 5) is 21.0. The Hall–Kier alpha value is -3.61. The Morgan fingerprint density at radius 3 is 2.24 bits per heavy atom. The summed E-state index contributed by atoms with van der Waals surface area (Å²) in [5.41, 5.74) is 4.54. The van der Waals surface area contributed by atoms with Gasteiger partial charge >= 0.3 is 6.03 Å². The lowest BCUT2D eigenvalue weighted by Gasteiger charge is -2.12. The summed E-state index contributed by atoms with van der Waals surface area (Å²) < 4.78 is 0. The molecule has 0 aliphatic rings. The van der Waals surface area contributed by atoms with E-state index in [0.29, 0.717) is 17.3 Å². The van der Waals surface area contributed by atoms with E-state index in [2.05, 4.69) is 31.2 Å². The molecule has 0 radical (unpaired) electrons. The number of aromatic nitrogens is 2. The Morgan fingerprint density at radius 2 is 1.55 bits per heavy atom. The van der Waals surface area contributed by atoms with Crippen molar-refractivity contribution >= 4 is 34.7 Å². The Kier molecular flexibility index (Phi) is 6.29. The third kappa shape index (κ3) is 5.68. The van der Waals surface area contributed by atoms with Crippen LogP contribution in [-0.4, -0.2) is 22.5 Å². The van der Waals surface area contributed by atoms with Crippen LogP contribution in [0.4, 0.5) is 33.5 Å². The van der Waals surface area contributed by atoms with Crippen LogP contribution in [-0.2, 0) is 0 Å². The molecule has 0 spiro atoms. The Morgan fingerprint density at radius 1 is 0.862 bits per heavy atom. The Labute approximate surface area is 171 Å². The number of nitrogens with zero attached hydrogens (tertiary/aromatic N) is 2. The van der Waals surface area contributed by atoms with Crippen molar-refractivity contribution in [3.8, 4) is 0 Å². The van der Waals surface area contributed by atoms with Gasteiger partial charge in [0.15, 0.2) is 0 Å². The van der Waals surface area contributed by atoms with Crippen molar-refractivity contribution in [3.05, 3.63) is 65.5 Å². The lowest BCUT2D eigenvalue weighted by atomic mass is 10.1. The quantitative estimate of drug-likeness (QED) is 0.463. The number of rotatable bonds is 6. The average molecular weight is 390 g/mol. The van der Waals surface area contributed by atoms with Crippen molar-refractivity contribution in [3.63, 3.8) is 0 Å². The molecule has 0 fully saturated rings. The van der Waals surface area contributed by atoms with E-state index in [-0.39, 0.29) is 6.03 Å². The highest BCUT2D eigenvalue weighted by atomic mass is 16.2. The Bertz CT molecular complexity index is 1000. The highest BCUT2D eigenvalue weighted by Crippen LogP contribution is 2.20. The van der Waals surface area contributed by atoms with E-state index in [0.717, 1.165) is 34.9 Å². The molecule has 2 amide bonds. The SMILES string of the molecule is CCNc1cc(Nc2ccc(NC(=O)Nc3ccc(C)cc3C)cc2)nc(C)n1. The Balaban J connectivity index is 1.62. The summed E-state index contributed by atoms with van der Waals surface area (Å²) in [6.07, 6.45) is 0. The van der Waals surface area contributed by atoms with E-state index < -0.39 is 0 Å². The third-order valence-electron chi connectivity index (χ3n) is 4.24. The number of hydrogen-bond acceptors (Lipinski definition) is 5. The molecule has 0 saturated carbocycles. The highest BCUT2D eigenvalue weighted by Gasteiger charge is 2.06. The van der Waals surface area contributed by atoms with Crippen LogP contribution in [0.25, 0.3) is 0 Å². The first-order valence-corrected chi connectivity index (χ1v) is 9.55. The summed E-state index contributed by atoms with van der Waals surface area (Å²) in [6, 6.07) is 14.9. The fourth-order valence-corrected chi connectivity index (χ4v) is 2.93. The van der Waals surface area contributed by atoms with Crippen LogP contribution >= 0.6 is 0 Å². The van der Waals surface area contributed by atoms with Crippen LogP contribution in [0.3, 0.4) is 0 Å². The molecule has 0 saturated heterocycles. The highest BCUT2D eigenvalue weighted by molar-refractivity contribution is 6.00. The first-order chi connectivity index (χ1) is 13.9. The second kappa shape index (κ2) is 9.05. The fourth-order valence-electron chi connectivity index (χ4n) is 2.93. The van der Waals surface area contributed by atoms with E-state index in [9.17, 15) is 4.79 Å². The first-order valence-electron chi connectivity index (χ1n) is 9.55. The second-order valence-corrected chi connectivity index (χ2v) is 6.82. The second-order valence-electron chi connectivity index (χ2n) is 6.82. The summed E-state index contributed by atoms with van der Waals surface area (Å²) in [6.45, 7) is 8.66. The van der Waals surface area contributed by atoms with Gasteiger partial charge < -0.3 is 21.3 Å². The molecular formula is C22H26N6O. The lowest BCUT2D eigenvalue weighted by Crippen LogP contribution is -2.19. The van der Waals surface area contributed by atoms with Gasteiger partial charge in [-0.2, -0.15) is 0 Å². The van der Waals surface area contributed by atoms with E-state index in [1.165, 1.54) is 0 Å². The molecule has 0 unspecified atom stereocenters. The molecule has 150 valence electrons. The van der Waals surface area contributed by atoms with E-state index in [1.807, 2.05) is 76.2 Å². The number of benzene rings is 2. The number of aryl methyl sites for hydroxylation is 3. The molecule has 7 nitrogen and oxygen atoms in total. The molecule has 29 heavy (non-hydrogen) atoms. The topological polar surface area (TPSA) is 91.0 Å². The predicted octanol–water partition coefficient (Wildman–Crippen LogP) is 5.22. The van der Waals surface area contributed by atoms with E-state index in [1.54, 1.807) is 0 Å². The minimum atomic E-state index is -0.278. The molecule has 2 aromatic carbocycles. The van der Waals surface area contributed by atoms with Gasteiger partial charge in [-0.25, -0.2) is 14.8 Å². The number of anilines is 5. The summed E-state index contributed by atoms with van der Waals surface area (Å²) in [5.74, 6) is 2.18. The zero-order valence-corrected chi connectivity index (χ0v) is 17.1. The predicted molar refractivity (Wildman–Crippen MR) is 119 cm³/mol. The molecule has 4 N–H and O–H groups in total. The van der Waals surface area contributed by atoms with Crippen molar-refractivity contribution in [2.24, 2.45) is 0 Å². The lowest BCUT2D eigenvalue weighted by molar-refractivity contribution is 0.262.